The molecule has 0 bridgehead atoms. The molecule has 0 spiro atoms. The Morgan fingerprint density at radius 3 is 2.67 bits per heavy atom. The van der Waals surface area contributed by atoms with E-state index < -0.39 is 6.09 Å². The van der Waals surface area contributed by atoms with Gasteiger partial charge in [0.1, 0.15) is 6.61 Å². The first-order chi connectivity index (χ1) is 8.76. The number of carbonyl (C=O) groups is 1. The van der Waals surface area contributed by atoms with Crippen LogP contribution >= 0.6 is 0 Å². The van der Waals surface area contributed by atoms with Gasteiger partial charge in [-0.1, -0.05) is 36.9 Å². The van der Waals surface area contributed by atoms with Crippen LogP contribution in [0, 0.1) is 0 Å². The number of benzene rings is 1. The molecule has 98 valence electrons. The summed E-state index contributed by atoms with van der Waals surface area (Å²) in [6.07, 6.45) is 1.35. The summed E-state index contributed by atoms with van der Waals surface area (Å²) in [4.78, 5) is 11.3. The van der Waals surface area contributed by atoms with E-state index in [4.69, 9.17) is 9.47 Å². The zero-order chi connectivity index (χ0) is 13.2. The Bertz CT molecular complexity index is 373. The first-order valence-electron chi connectivity index (χ1n) is 5.96. The van der Waals surface area contributed by atoms with Crippen molar-refractivity contribution in [1.82, 2.24) is 5.32 Å². The summed E-state index contributed by atoms with van der Waals surface area (Å²) in [6.45, 7) is 7.35. The van der Waals surface area contributed by atoms with Crippen LogP contribution in [-0.4, -0.2) is 25.9 Å². The lowest BCUT2D eigenvalue weighted by Gasteiger charge is -2.07. The van der Waals surface area contributed by atoms with Crippen LogP contribution in [0.1, 0.15) is 18.1 Å². The van der Waals surface area contributed by atoms with Gasteiger partial charge in [0.25, 0.3) is 0 Å². The highest BCUT2D eigenvalue weighted by molar-refractivity contribution is 5.67. The Morgan fingerprint density at radius 2 is 2.06 bits per heavy atom. The maximum absolute atomic E-state index is 11.3. The topological polar surface area (TPSA) is 47.6 Å². The fourth-order valence-electron chi connectivity index (χ4n) is 1.33. The predicted molar refractivity (Wildman–Crippen MR) is 71.2 cm³/mol. The molecule has 1 aromatic carbocycles. The Morgan fingerprint density at radius 1 is 1.33 bits per heavy atom. The van der Waals surface area contributed by atoms with Gasteiger partial charge in [0.2, 0.25) is 0 Å². The molecule has 1 aromatic rings. The van der Waals surface area contributed by atoms with E-state index in [1.807, 2.05) is 31.2 Å². The normalized spacial score (nSPS) is 9.83. The van der Waals surface area contributed by atoms with Crippen molar-refractivity contribution in [1.29, 1.82) is 0 Å². The second-order valence-corrected chi connectivity index (χ2v) is 3.63. The summed E-state index contributed by atoms with van der Waals surface area (Å²) in [5.41, 5.74) is 2.07. The van der Waals surface area contributed by atoms with Crippen LogP contribution in [0.25, 0.3) is 6.08 Å². The lowest BCUT2D eigenvalue weighted by atomic mass is 10.1. The molecular formula is C14H19NO3. The van der Waals surface area contributed by atoms with E-state index in [0.29, 0.717) is 19.8 Å². The SMILES string of the molecule is C=Cc1ccc(CNC(=O)OCCOCC)cc1. The molecule has 18 heavy (non-hydrogen) atoms. The van der Waals surface area contributed by atoms with Crippen molar-refractivity contribution in [2.45, 2.75) is 13.5 Å². The fourth-order valence-corrected chi connectivity index (χ4v) is 1.33. The van der Waals surface area contributed by atoms with Crippen LogP contribution < -0.4 is 5.32 Å². The number of hydrogen-bond donors (Lipinski definition) is 1. The summed E-state index contributed by atoms with van der Waals surface area (Å²) in [6, 6.07) is 7.78. The highest BCUT2D eigenvalue weighted by Crippen LogP contribution is 2.05. The molecule has 0 aliphatic carbocycles. The third-order valence-corrected chi connectivity index (χ3v) is 2.32. The van der Waals surface area contributed by atoms with Crippen molar-refractivity contribution in [3.63, 3.8) is 0 Å². The second kappa shape index (κ2) is 8.31. The van der Waals surface area contributed by atoms with Crippen molar-refractivity contribution in [3.05, 3.63) is 42.0 Å². The van der Waals surface area contributed by atoms with Crippen LogP contribution in [-0.2, 0) is 16.0 Å². The molecule has 4 nitrogen and oxygen atoms in total. The second-order valence-electron chi connectivity index (χ2n) is 3.63. The van der Waals surface area contributed by atoms with Gasteiger partial charge in [0.05, 0.1) is 6.61 Å². The van der Waals surface area contributed by atoms with Crippen LogP contribution in [0.4, 0.5) is 4.79 Å². The summed E-state index contributed by atoms with van der Waals surface area (Å²) in [5.74, 6) is 0. The van der Waals surface area contributed by atoms with Gasteiger partial charge in [-0.2, -0.15) is 0 Å². The molecule has 0 unspecified atom stereocenters. The molecule has 0 saturated heterocycles. The van der Waals surface area contributed by atoms with E-state index in [1.165, 1.54) is 0 Å². The average Bonchev–Trinajstić information content (AvgIpc) is 2.42. The first-order valence-corrected chi connectivity index (χ1v) is 5.96. The minimum atomic E-state index is -0.428. The molecule has 1 N–H and O–H groups in total. The summed E-state index contributed by atoms with van der Waals surface area (Å²) in [7, 11) is 0. The van der Waals surface area contributed by atoms with E-state index >= 15 is 0 Å². The molecule has 0 aromatic heterocycles. The summed E-state index contributed by atoms with van der Waals surface area (Å²) >= 11 is 0. The van der Waals surface area contributed by atoms with E-state index in [0.717, 1.165) is 11.1 Å². The van der Waals surface area contributed by atoms with E-state index in [9.17, 15) is 4.79 Å². The molecule has 4 heteroatoms. The molecule has 1 rings (SSSR count). The van der Waals surface area contributed by atoms with E-state index in [-0.39, 0.29) is 6.61 Å². The number of carbonyl (C=O) groups excluding carboxylic acids is 1. The van der Waals surface area contributed by atoms with Gasteiger partial charge in [0, 0.05) is 13.2 Å². The first kappa shape index (κ1) is 14.3. The van der Waals surface area contributed by atoms with Gasteiger partial charge in [-0.05, 0) is 18.1 Å². The lowest BCUT2D eigenvalue weighted by Crippen LogP contribution is -2.25. The zero-order valence-electron chi connectivity index (χ0n) is 10.6. The standard InChI is InChI=1S/C14H19NO3/c1-3-12-5-7-13(8-6-12)11-15-14(16)18-10-9-17-4-2/h3,5-8H,1,4,9-11H2,2H3,(H,15,16). The minimum Gasteiger partial charge on any atom is -0.447 e. The number of amides is 1. The molecule has 0 atom stereocenters. The van der Waals surface area contributed by atoms with Gasteiger partial charge in [-0.15, -0.1) is 0 Å². The van der Waals surface area contributed by atoms with Crippen LogP contribution in [0.3, 0.4) is 0 Å². The quantitative estimate of drug-likeness (QED) is 0.755. The number of ether oxygens (including phenoxy) is 2. The number of hydrogen-bond acceptors (Lipinski definition) is 3. The van der Waals surface area contributed by atoms with Crippen molar-refractivity contribution in [2.75, 3.05) is 19.8 Å². The monoisotopic (exact) mass is 249 g/mol. The number of rotatable bonds is 7. The molecule has 1 amide bonds. The predicted octanol–water partition coefficient (Wildman–Crippen LogP) is 2.59. The van der Waals surface area contributed by atoms with Crippen LogP contribution in [0.15, 0.2) is 30.8 Å². The van der Waals surface area contributed by atoms with Gasteiger partial charge in [-0.25, -0.2) is 4.79 Å². The van der Waals surface area contributed by atoms with Crippen molar-refractivity contribution in [2.24, 2.45) is 0 Å². The highest BCUT2D eigenvalue weighted by Gasteiger charge is 2.01. The van der Waals surface area contributed by atoms with E-state index in [2.05, 4.69) is 11.9 Å². The lowest BCUT2D eigenvalue weighted by molar-refractivity contribution is 0.0786. The molecule has 0 fully saturated rings. The zero-order valence-corrected chi connectivity index (χ0v) is 10.6. The molecule has 0 saturated carbocycles. The summed E-state index contributed by atoms with van der Waals surface area (Å²) in [5, 5.41) is 2.67. The van der Waals surface area contributed by atoms with Crippen molar-refractivity contribution in [3.8, 4) is 0 Å². The molecule has 0 heterocycles. The molecule has 0 aliphatic heterocycles. The third-order valence-electron chi connectivity index (χ3n) is 2.32. The Labute approximate surface area is 108 Å². The smallest absolute Gasteiger partial charge is 0.407 e. The maximum atomic E-state index is 11.3. The average molecular weight is 249 g/mol. The van der Waals surface area contributed by atoms with Crippen molar-refractivity contribution >= 4 is 12.2 Å². The maximum Gasteiger partial charge on any atom is 0.407 e. The minimum absolute atomic E-state index is 0.273. The number of alkyl carbamates (subject to hydrolysis) is 1. The molecule has 0 radical (unpaired) electrons. The highest BCUT2D eigenvalue weighted by atomic mass is 16.6. The summed E-state index contributed by atoms with van der Waals surface area (Å²) < 4.78 is 9.98. The van der Waals surface area contributed by atoms with Crippen LogP contribution in [0.2, 0.25) is 0 Å². The third kappa shape index (κ3) is 5.50. The van der Waals surface area contributed by atoms with Gasteiger partial charge >= 0.3 is 6.09 Å². The van der Waals surface area contributed by atoms with Gasteiger partial charge in [-0.3, -0.25) is 0 Å². The number of nitrogens with one attached hydrogen (secondary N) is 1. The van der Waals surface area contributed by atoms with Gasteiger partial charge < -0.3 is 14.8 Å². The Hall–Kier alpha value is -1.81. The Balaban J connectivity index is 2.22. The largest absolute Gasteiger partial charge is 0.447 e. The fraction of sp³-hybridized carbons (Fsp3) is 0.357. The van der Waals surface area contributed by atoms with E-state index in [1.54, 1.807) is 6.08 Å². The van der Waals surface area contributed by atoms with Crippen molar-refractivity contribution < 1.29 is 14.3 Å². The van der Waals surface area contributed by atoms with Gasteiger partial charge in [0.15, 0.2) is 0 Å². The van der Waals surface area contributed by atoms with Crippen LogP contribution in [0.5, 0.6) is 0 Å². The molecular weight excluding hydrogens is 230 g/mol. The molecule has 0 aliphatic rings. The Kier molecular flexibility index (Phi) is 6.58.